The Morgan fingerprint density at radius 1 is 0.254 bits per heavy atom. The predicted molar refractivity (Wildman–Crippen MR) is 469 cm³/mol. The van der Waals surface area contributed by atoms with Crippen molar-refractivity contribution < 1.29 is 10.0 Å². The van der Waals surface area contributed by atoms with Crippen LogP contribution in [0.25, 0.3) is 199 Å². The van der Waals surface area contributed by atoms with Gasteiger partial charge in [0.1, 0.15) is 11.3 Å². The topological polar surface area (TPSA) is 146 Å². The van der Waals surface area contributed by atoms with Gasteiger partial charge in [-0.15, -0.1) is 0 Å². The molecule has 10 heterocycles. The van der Waals surface area contributed by atoms with Gasteiger partial charge in [0.2, 0.25) is 11.9 Å². The van der Waals surface area contributed by atoms with Crippen molar-refractivity contribution in [2.75, 3.05) is 0 Å². The first kappa shape index (κ1) is 66.3. The second-order valence-corrected chi connectivity index (χ2v) is 29.5. The van der Waals surface area contributed by atoms with Crippen LogP contribution in [0.2, 0.25) is 0 Å². The molecule has 0 saturated heterocycles. The molecule has 16 heteroatoms. The quantitative estimate of drug-likeness (QED) is 0.143. The number of hydrogen-bond acceptors (Lipinski definition) is 8. The van der Waals surface area contributed by atoms with E-state index >= 15 is 0 Å². The van der Waals surface area contributed by atoms with Crippen LogP contribution >= 0.6 is 15.9 Å². The van der Waals surface area contributed by atoms with Crippen LogP contribution in [0.15, 0.2) is 369 Å². The number of para-hydroxylation sites is 6. The first-order chi connectivity index (χ1) is 56.3. The molecule has 536 valence electrons. The molecule has 0 bridgehead atoms. The summed E-state index contributed by atoms with van der Waals surface area (Å²) in [6.07, 6.45) is 4.14. The van der Waals surface area contributed by atoms with E-state index in [1.54, 1.807) is 6.07 Å². The summed E-state index contributed by atoms with van der Waals surface area (Å²) >= 11 is 3.69. The molecule has 0 saturated carbocycles. The summed E-state index contributed by atoms with van der Waals surface area (Å²) in [6.45, 7) is 0. The first-order valence-corrected chi connectivity index (χ1v) is 38.6. The molecule has 0 aliphatic carbocycles. The average molecular weight is 1530 g/mol. The van der Waals surface area contributed by atoms with Gasteiger partial charge in [-0.25, -0.2) is 29.9 Å². The fraction of sp³-hybridized carbons (Fsp3) is 0. The molecule has 0 fully saturated rings. The van der Waals surface area contributed by atoms with E-state index in [9.17, 15) is 10.0 Å². The fourth-order valence-electron chi connectivity index (χ4n) is 17.0. The summed E-state index contributed by atoms with van der Waals surface area (Å²) in [5, 5.41) is 29.9. The molecule has 0 aliphatic heterocycles. The molecule has 10 aromatic heterocycles. The number of rotatable bonds is 8. The van der Waals surface area contributed by atoms with Crippen LogP contribution in [-0.2, 0) is 0 Å². The molecule has 24 rings (SSSR count). The SMILES string of the molecule is Brc1ccc2c(c1)c1c3nc4ccccn4c3ccc1n2-c1nc(-c2ccccc2)c2ccccc2n1.OB(O)c1ccc2c(c1)c1ccccc1n2-c1ccccc1.c1ccc(-c2nc(-n3c4ccc(-c5ccc6c(c5)c5ccccc5n6-c5ccccc5)cc4c4c5nc6ccccn6c5ccc43)nc3ccccc23)cc1. The summed E-state index contributed by atoms with van der Waals surface area (Å²) in [5.41, 5.74) is 25.3. The second kappa shape index (κ2) is 26.8. The fourth-order valence-corrected chi connectivity index (χ4v) is 17.4. The highest BCUT2D eigenvalue weighted by molar-refractivity contribution is 9.10. The Labute approximate surface area is 659 Å². The normalized spacial score (nSPS) is 11.8. The molecule has 14 aromatic carbocycles. The van der Waals surface area contributed by atoms with Crippen LogP contribution in [-0.4, -0.2) is 74.1 Å². The highest BCUT2D eigenvalue weighted by atomic mass is 79.9. The molecule has 0 amide bonds. The van der Waals surface area contributed by atoms with E-state index in [0.717, 1.165) is 170 Å². The van der Waals surface area contributed by atoms with Crippen molar-refractivity contribution in [3.05, 3.63) is 369 Å². The summed E-state index contributed by atoms with van der Waals surface area (Å²) in [6, 6.07) is 121. The van der Waals surface area contributed by atoms with Gasteiger partial charge in [0.05, 0.1) is 88.6 Å². The van der Waals surface area contributed by atoms with Crippen molar-refractivity contribution in [2.24, 2.45) is 0 Å². The molecule has 2 N–H and O–H groups in total. The van der Waals surface area contributed by atoms with E-state index in [0.29, 0.717) is 17.4 Å². The molecule has 0 atom stereocenters. The van der Waals surface area contributed by atoms with Gasteiger partial charge in [-0.05, 0) is 162 Å². The van der Waals surface area contributed by atoms with E-state index in [1.165, 1.54) is 21.8 Å². The Bertz CT molecular complexity index is 7990. The van der Waals surface area contributed by atoms with Gasteiger partial charge >= 0.3 is 7.12 Å². The number of halogens is 1. The summed E-state index contributed by atoms with van der Waals surface area (Å²) in [7, 11) is -1.46. The Morgan fingerprint density at radius 3 is 1.11 bits per heavy atom. The van der Waals surface area contributed by atoms with E-state index in [1.807, 2.05) is 109 Å². The number of hydrogen-bond donors (Lipinski definition) is 2. The summed E-state index contributed by atoms with van der Waals surface area (Å²) < 4.78 is 14.3. The van der Waals surface area contributed by atoms with E-state index in [-0.39, 0.29) is 0 Å². The van der Waals surface area contributed by atoms with Gasteiger partial charge in [-0.1, -0.05) is 222 Å². The number of imidazole rings is 2. The zero-order chi connectivity index (χ0) is 75.6. The summed E-state index contributed by atoms with van der Waals surface area (Å²) in [5.74, 6) is 1.27. The highest BCUT2D eigenvalue weighted by Gasteiger charge is 2.25. The van der Waals surface area contributed by atoms with E-state index in [4.69, 9.17) is 29.9 Å². The molecule has 0 radical (unpaired) electrons. The van der Waals surface area contributed by atoms with Crippen LogP contribution in [0.1, 0.15) is 0 Å². The molecule has 114 heavy (non-hydrogen) atoms. The highest BCUT2D eigenvalue weighted by Crippen LogP contribution is 2.44. The van der Waals surface area contributed by atoms with Crippen molar-refractivity contribution in [3.8, 4) is 56.9 Å². The maximum atomic E-state index is 9.43. The van der Waals surface area contributed by atoms with Crippen molar-refractivity contribution in [1.29, 1.82) is 0 Å². The standard InChI is InChI=1S/C49H30N6.C31H18BrN5.C18H14BNO2/c1-3-13-31(14-4-1)47-36-18-7-9-19-39(36)50-49(52-47)55-42-25-23-33(30-38(42)46-43(55)26-27-44-48(46)51-45-21-11-12-28-53(44)45)32-22-24-41-37(29-32)35-17-8-10-20-40(35)54(41)34-15-5-2-6-16-34;32-20-13-14-24-22(18-20)28-25(15-16-26-30(28)34-27-12-6-7-17-36(26)27)37(24)31-33-23-11-5-4-10-21(23)29(35-31)19-8-2-1-3-9-19;21-19(22)13-10-11-18-16(12-13)15-8-4-5-9-17(15)20(18)14-6-2-1-3-7-14/h1-30H;1-18H;1-12,21-22H. The lowest BCUT2D eigenvalue weighted by Gasteiger charge is -2.12. The van der Waals surface area contributed by atoms with Gasteiger partial charge in [0, 0.05) is 93.2 Å². The Hall–Kier alpha value is -14.7. The lowest BCUT2D eigenvalue weighted by molar-refractivity contribution is 0.426. The lowest BCUT2D eigenvalue weighted by Crippen LogP contribution is -2.29. The number of pyridine rings is 2. The number of fused-ring (bicyclic) bond motifs is 22. The predicted octanol–water partition coefficient (Wildman–Crippen LogP) is 22.4. The van der Waals surface area contributed by atoms with Crippen LogP contribution < -0.4 is 5.46 Å². The molecule has 0 spiro atoms. The molecule has 0 aliphatic rings. The maximum absolute atomic E-state index is 9.43. The first-order valence-electron chi connectivity index (χ1n) is 37.8. The third-order valence-electron chi connectivity index (χ3n) is 22.1. The van der Waals surface area contributed by atoms with E-state index < -0.39 is 7.12 Å². The molecular formula is C98H62BBrN12O2. The van der Waals surface area contributed by atoms with Gasteiger partial charge in [-0.3, -0.25) is 17.9 Å². The van der Waals surface area contributed by atoms with Crippen LogP contribution in [0.4, 0.5) is 0 Å². The van der Waals surface area contributed by atoms with Crippen LogP contribution in [0.5, 0.6) is 0 Å². The second-order valence-electron chi connectivity index (χ2n) is 28.6. The molecule has 24 aromatic rings. The van der Waals surface area contributed by atoms with Crippen molar-refractivity contribution in [1.82, 2.24) is 57.0 Å². The Balaban J connectivity index is 0.000000115. The molecule has 0 unspecified atom stereocenters. The maximum Gasteiger partial charge on any atom is 0.488 e. The molecule has 14 nitrogen and oxygen atoms in total. The largest absolute Gasteiger partial charge is 0.488 e. The third-order valence-corrected chi connectivity index (χ3v) is 22.6. The van der Waals surface area contributed by atoms with Crippen molar-refractivity contribution in [2.45, 2.75) is 0 Å². The van der Waals surface area contributed by atoms with Crippen LogP contribution in [0, 0.1) is 0 Å². The monoisotopic (exact) mass is 1530 g/mol. The van der Waals surface area contributed by atoms with Crippen LogP contribution in [0.3, 0.4) is 0 Å². The van der Waals surface area contributed by atoms with Gasteiger partial charge in [0.25, 0.3) is 0 Å². The lowest BCUT2D eigenvalue weighted by atomic mass is 9.80. The minimum absolute atomic E-state index is 0.503. The zero-order valence-electron chi connectivity index (χ0n) is 60.9. The van der Waals surface area contributed by atoms with Crippen molar-refractivity contribution >= 4 is 171 Å². The smallest absolute Gasteiger partial charge is 0.423 e. The average Bonchev–Trinajstić information content (AvgIpc) is 1.56. The minimum atomic E-state index is -1.46. The Morgan fingerprint density at radius 2 is 0.623 bits per heavy atom. The third kappa shape index (κ3) is 10.8. The summed E-state index contributed by atoms with van der Waals surface area (Å²) in [4.78, 5) is 31.1. The Kier molecular flexibility index (Phi) is 15.6. The number of benzene rings is 14. The zero-order valence-corrected chi connectivity index (χ0v) is 62.4. The number of aromatic nitrogens is 12. The molecular weight excluding hydrogens is 1470 g/mol. The van der Waals surface area contributed by atoms with E-state index in [2.05, 4.69) is 292 Å². The van der Waals surface area contributed by atoms with Gasteiger partial charge < -0.3 is 19.2 Å². The van der Waals surface area contributed by atoms with Gasteiger partial charge in [-0.2, -0.15) is 0 Å². The number of nitrogens with zero attached hydrogens (tertiary/aromatic N) is 12. The minimum Gasteiger partial charge on any atom is -0.423 e. The van der Waals surface area contributed by atoms with Gasteiger partial charge in [0.15, 0.2) is 0 Å². The van der Waals surface area contributed by atoms with Crippen molar-refractivity contribution in [3.63, 3.8) is 0 Å².